The van der Waals surface area contributed by atoms with E-state index in [2.05, 4.69) is 10.4 Å². The molecule has 26 heavy (non-hydrogen) atoms. The fourth-order valence-corrected chi connectivity index (χ4v) is 2.34. The van der Waals surface area contributed by atoms with Crippen molar-refractivity contribution < 1.29 is 22.7 Å². The number of anilines is 1. The minimum atomic E-state index is -4.78. The number of benzene rings is 2. The lowest BCUT2D eigenvalue weighted by Crippen LogP contribution is -2.20. The van der Waals surface area contributed by atoms with Crippen molar-refractivity contribution in [3.63, 3.8) is 0 Å². The lowest BCUT2D eigenvalue weighted by Gasteiger charge is -2.12. The zero-order valence-electron chi connectivity index (χ0n) is 13.0. The normalized spacial score (nSPS) is 11.2. The molecular formula is C17H11ClF3N3O2. The Morgan fingerprint density at radius 1 is 1.08 bits per heavy atom. The van der Waals surface area contributed by atoms with E-state index >= 15 is 0 Å². The number of carbonyl (C=O) groups excluding carboxylic acids is 1. The van der Waals surface area contributed by atoms with Crippen LogP contribution in [0.3, 0.4) is 0 Å². The molecule has 0 aliphatic carbocycles. The maximum absolute atomic E-state index is 13.5. The van der Waals surface area contributed by atoms with Crippen LogP contribution in [-0.4, -0.2) is 15.9 Å². The Labute approximate surface area is 151 Å². The fraction of sp³-hybridized carbons (Fsp3) is 0.0588. The average Bonchev–Trinajstić information content (AvgIpc) is 3.01. The molecule has 0 atom stereocenters. The van der Waals surface area contributed by atoms with Crippen LogP contribution in [0.15, 0.2) is 60.8 Å². The van der Waals surface area contributed by atoms with Crippen LogP contribution >= 0.6 is 11.6 Å². The summed E-state index contributed by atoms with van der Waals surface area (Å²) in [6.45, 7) is 0. The molecule has 1 N–H and O–H groups in total. The number of amides is 1. The second kappa shape index (κ2) is 7.09. The number of halogens is 4. The SMILES string of the molecule is O=C(Nc1ccc(Cl)cc1)Oc1cnn(-c2ccccc2)c1C(F)(F)F. The molecule has 5 nitrogen and oxygen atoms in total. The number of para-hydroxylation sites is 1. The van der Waals surface area contributed by atoms with E-state index in [0.29, 0.717) is 15.4 Å². The molecule has 0 spiro atoms. The van der Waals surface area contributed by atoms with Gasteiger partial charge in [0.1, 0.15) is 0 Å². The predicted molar refractivity (Wildman–Crippen MR) is 89.7 cm³/mol. The fourth-order valence-electron chi connectivity index (χ4n) is 2.21. The molecule has 0 radical (unpaired) electrons. The van der Waals surface area contributed by atoms with Gasteiger partial charge >= 0.3 is 12.3 Å². The van der Waals surface area contributed by atoms with Gasteiger partial charge in [0.2, 0.25) is 0 Å². The molecule has 2 aromatic carbocycles. The molecular weight excluding hydrogens is 371 g/mol. The molecule has 134 valence electrons. The zero-order chi connectivity index (χ0) is 18.7. The summed E-state index contributed by atoms with van der Waals surface area (Å²) in [5.41, 5.74) is -0.675. The minimum absolute atomic E-state index is 0.188. The third-order valence-electron chi connectivity index (χ3n) is 3.30. The molecule has 1 heterocycles. The van der Waals surface area contributed by atoms with E-state index in [1.165, 1.54) is 36.4 Å². The first-order valence-electron chi connectivity index (χ1n) is 7.29. The summed E-state index contributed by atoms with van der Waals surface area (Å²) in [5.74, 6) is -0.701. The first-order valence-corrected chi connectivity index (χ1v) is 7.67. The number of hydrogen-bond donors (Lipinski definition) is 1. The molecule has 9 heteroatoms. The van der Waals surface area contributed by atoms with Crippen LogP contribution in [0.25, 0.3) is 5.69 Å². The van der Waals surface area contributed by atoms with E-state index in [1.807, 2.05) is 0 Å². The smallest absolute Gasteiger partial charge is 0.406 e. The monoisotopic (exact) mass is 381 g/mol. The Bertz CT molecular complexity index is 909. The maximum atomic E-state index is 13.5. The summed E-state index contributed by atoms with van der Waals surface area (Å²) in [5, 5.41) is 6.47. The van der Waals surface area contributed by atoms with E-state index in [4.69, 9.17) is 16.3 Å². The average molecular weight is 382 g/mol. The van der Waals surface area contributed by atoms with Gasteiger partial charge in [-0.25, -0.2) is 9.48 Å². The summed E-state index contributed by atoms with van der Waals surface area (Å²) < 4.78 is 45.9. The van der Waals surface area contributed by atoms with Crippen molar-refractivity contribution in [1.29, 1.82) is 0 Å². The van der Waals surface area contributed by atoms with Gasteiger partial charge in [0.25, 0.3) is 0 Å². The van der Waals surface area contributed by atoms with Crippen molar-refractivity contribution in [2.75, 3.05) is 5.32 Å². The van der Waals surface area contributed by atoms with Crippen LogP contribution in [0.2, 0.25) is 5.02 Å². The van der Waals surface area contributed by atoms with Crippen LogP contribution in [0.5, 0.6) is 5.75 Å². The second-order valence-corrected chi connectivity index (χ2v) is 5.56. The number of nitrogens with one attached hydrogen (secondary N) is 1. The van der Waals surface area contributed by atoms with Crippen LogP contribution < -0.4 is 10.1 Å². The largest absolute Gasteiger partial charge is 0.437 e. The van der Waals surface area contributed by atoms with Crippen LogP contribution in [-0.2, 0) is 6.18 Å². The first-order chi connectivity index (χ1) is 12.3. The highest BCUT2D eigenvalue weighted by Crippen LogP contribution is 2.37. The molecule has 0 aliphatic heterocycles. The second-order valence-electron chi connectivity index (χ2n) is 5.12. The number of nitrogens with zero attached hydrogens (tertiary/aromatic N) is 2. The lowest BCUT2D eigenvalue weighted by atomic mass is 10.3. The summed E-state index contributed by atoms with van der Waals surface area (Å²) in [7, 11) is 0. The molecule has 1 amide bonds. The summed E-state index contributed by atoms with van der Waals surface area (Å²) >= 11 is 5.73. The van der Waals surface area contributed by atoms with Gasteiger partial charge in [-0.05, 0) is 36.4 Å². The van der Waals surface area contributed by atoms with Crippen molar-refractivity contribution in [1.82, 2.24) is 9.78 Å². The van der Waals surface area contributed by atoms with Crippen molar-refractivity contribution >= 4 is 23.4 Å². The number of alkyl halides is 3. The van der Waals surface area contributed by atoms with Crippen LogP contribution in [0.4, 0.5) is 23.7 Å². The molecule has 3 aromatic rings. The van der Waals surface area contributed by atoms with Gasteiger partial charge in [0.15, 0.2) is 11.4 Å². The summed E-state index contributed by atoms with van der Waals surface area (Å²) in [4.78, 5) is 11.9. The van der Waals surface area contributed by atoms with Gasteiger partial charge in [0, 0.05) is 10.7 Å². The van der Waals surface area contributed by atoms with Crippen molar-refractivity contribution in [2.24, 2.45) is 0 Å². The van der Waals surface area contributed by atoms with E-state index < -0.39 is 23.7 Å². The Kier molecular flexibility index (Phi) is 4.85. The zero-order valence-corrected chi connectivity index (χ0v) is 13.8. The lowest BCUT2D eigenvalue weighted by molar-refractivity contribution is -0.143. The Morgan fingerprint density at radius 2 is 1.73 bits per heavy atom. The topological polar surface area (TPSA) is 56.1 Å². The van der Waals surface area contributed by atoms with Gasteiger partial charge < -0.3 is 4.74 Å². The van der Waals surface area contributed by atoms with E-state index in [0.717, 1.165) is 6.20 Å². The summed E-state index contributed by atoms with van der Waals surface area (Å²) in [6.07, 6.45) is -5.01. The number of carbonyl (C=O) groups is 1. The number of hydrogen-bond acceptors (Lipinski definition) is 3. The molecule has 0 saturated heterocycles. The maximum Gasteiger partial charge on any atom is 0.437 e. The molecule has 3 rings (SSSR count). The highest BCUT2D eigenvalue weighted by molar-refractivity contribution is 6.30. The molecule has 0 saturated carbocycles. The quantitative estimate of drug-likeness (QED) is 0.682. The van der Waals surface area contributed by atoms with Crippen molar-refractivity contribution in [3.05, 3.63) is 71.5 Å². The van der Waals surface area contributed by atoms with Crippen molar-refractivity contribution in [3.8, 4) is 11.4 Å². The van der Waals surface area contributed by atoms with Crippen LogP contribution in [0.1, 0.15) is 5.69 Å². The van der Waals surface area contributed by atoms with Crippen molar-refractivity contribution in [2.45, 2.75) is 6.18 Å². The first kappa shape index (κ1) is 17.8. The molecule has 1 aromatic heterocycles. The minimum Gasteiger partial charge on any atom is -0.406 e. The molecule has 0 unspecified atom stereocenters. The Balaban J connectivity index is 1.87. The molecule has 0 aliphatic rings. The van der Waals surface area contributed by atoms with Gasteiger partial charge in [-0.15, -0.1) is 0 Å². The molecule has 0 fully saturated rings. The van der Waals surface area contributed by atoms with E-state index in [9.17, 15) is 18.0 Å². The third kappa shape index (κ3) is 3.97. The van der Waals surface area contributed by atoms with E-state index in [-0.39, 0.29) is 5.69 Å². The Morgan fingerprint density at radius 3 is 2.35 bits per heavy atom. The van der Waals surface area contributed by atoms with Gasteiger partial charge in [-0.1, -0.05) is 29.8 Å². The molecule has 0 bridgehead atoms. The summed E-state index contributed by atoms with van der Waals surface area (Å²) in [6, 6.07) is 13.7. The van der Waals surface area contributed by atoms with Gasteiger partial charge in [0.05, 0.1) is 11.9 Å². The van der Waals surface area contributed by atoms with Gasteiger partial charge in [-0.3, -0.25) is 5.32 Å². The predicted octanol–water partition coefficient (Wildman–Crippen LogP) is 5.16. The Hall–Kier alpha value is -3.00. The van der Waals surface area contributed by atoms with Crippen LogP contribution in [0, 0.1) is 0 Å². The highest BCUT2D eigenvalue weighted by Gasteiger charge is 2.40. The number of rotatable bonds is 3. The van der Waals surface area contributed by atoms with E-state index in [1.54, 1.807) is 18.2 Å². The third-order valence-corrected chi connectivity index (χ3v) is 3.55. The highest BCUT2D eigenvalue weighted by atomic mass is 35.5. The van der Waals surface area contributed by atoms with Gasteiger partial charge in [-0.2, -0.15) is 18.3 Å². The number of ether oxygens (including phenoxy) is 1. The standard InChI is InChI=1S/C17H11ClF3N3O2/c18-11-6-8-12(9-7-11)23-16(25)26-14-10-22-24(15(14)17(19,20)21)13-4-2-1-3-5-13/h1-10H,(H,23,25). The number of aromatic nitrogens is 2.